The first-order valence-corrected chi connectivity index (χ1v) is 10.7. The number of nitrogen functional groups attached to an aromatic ring is 2. The Balaban J connectivity index is 1.74. The summed E-state index contributed by atoms with van der Waals surface area (Å²) in [7, 11) is 0. The highest BCUT2D eigenvalue weighted by atomic mass is 16.5. The number of aromatic nitrogens is 2. The third-order valence-electron chi connectivity index (χ3n) is 5.28. The Hall–Kier alpha value is -4.98. The van der Waals surface area contributed by atoms with E-state index in [2.05, 4.69) is 21.9 Å². The van der Waals surface area contributed by atoms with Gasteiger partial charge < -0.3 is 21.5 Å². The molecule has 0 radical (unpaired) electrons. The van der Waals surface area contributed by atoms with Crippen LogP contribution < -0.4 is 21.5 Å². The van der Waals surface area contributed by atoms with E-state index in [1.54, 1.807) is 42.6 Å². The van der Waals surface area contributed by atoms with Gasteiger partial charge in [-0.15, -0.1) is 0 Å². The molecule has 1 aromatic heterocycles. The van der Waals surface area contributed by atoms with Gasteiger partial charge in [0.2, 0.25) is 5.91 Å². The number of carbonyl (C=O) groups excluding carboxylic acids is 1. The number of carbonyl (C=O) groups is 1. The number of aryl methyl sites for hydroxylation is 1. The van der Waals surface area contributed by atoms with Gasteiger partial charge in [-0.3, -0.25) is 10.2 Å². The highest BCUT2D eigenvalue weighted by molar-refractivity contribution is 6.09. The molecule has 8 nitrogen and oxygen atoms in total. The molecule has 0 aliphatic carbocycles. The first-order chi connectivity index (χ1) is 16.9. The van der Waals surface area contributed by atoms with Crippen molar-refractivity contribution >= 4 is 23.1 Å². The number of nitrogens with zero attached hydrogens (tertiary/aromatic N) is 2. The molecule has 1 amide bonds. The molecule has 0 aliphatic heterocycles. The van der Waals surface area contributed by atoms with Crippen molar-refractivity contribution < 1.29 is 9.53 Å². The van der Waals surface area contributed by atoms with Gasteiger partial charge in [0.05, 0.1) is 0 Å². The molecule has 3 aromatic carbocycles. The van der Waals surface area contributed by atoms with E-state index in [9.17, 15) is 4.79 Å². The summed E-state index contributed by atoms with van der Waals surface area (Å²) in [6, 6.07) is 20.4. The minimum absolute atomic E-state index is 0.136. The second kappa shape index (κ2) is 9.88. The number of nitrogens with one attached hydrogen (secondary N) is 2. The average Bonchev–Trinajstić information content (AvgIpc) is 2.84. The van der Waals surface area contributed by atoms with Gasteiger partial charge in [0, 0.05) is 34.4 Å². The maximum atomic E-state index is 11.6. The lowest BCUT2D eigenvalue weighted by molar-refractivity contribution is -0.111. The molecule has 6 N–H and O–H groups in total. The van der Waals surface area contributed by atoms with Crippen LogP contribution in [0, 0.1) is 12.3 Å². The molecule has 0 saturated heterocycles. The molecule has 0 fully saturated rings. The van der Waals surface area contributed by atoms with Crippen LogP contribution in [0.5, 0.6) is 11.8 Å². The second-order valence-electron chi connectivity index (χ2n) is 7.74. The summed E-state index contributed by atoms with van der Waals surface area (Å²) < 4.78 is 5.77. The van der Waals surface area contributed by atoms with Crippen molar-refractivity contribution in [2.45, 2.75) is 6.92 Å². The Morgan fingerprint density at radius 2 is 1.71 bits per heavy atom. The van der Waals surface area contributed by atoms with Crippen LogP contribution in [-0.4, -0.2) is 21.7 Å². The predicted octanol–water partition coefficient (Wildman–Crippen LogP) is 4.90. The zero-order valence-corrected chi connectivity index (χ0v) is 19.1. The number of ether oxygens (including phenoxy) is 1. The molecule has 0 bridgehead atoms. The number of nitrogens with two attached hydrogens (primary N) is 2. The molecule has 0 saturated carbocycles. The van der Waals surface area contributed by atoms with E-state index in [-0.39, 0.29) is 17.8 Å². The van der Waals surface area contributed by atoms with Crippen molar-refractivity contribution in [3.8, 4) is 34.0 Å². The van der Waals surface area contributed by atoms with E-state index in [1.807, 2.05) is 37.3 Å². The summed E-state index contributed by atoms with van der Waals surface area (Å²) in [5.41, 5.74) is 17.7. The molecule has 174 valence electrons. The van der Waals surface area contributed by atoms with Gasteiger partial charge in [0.15, 0.2) is 0 Å². The lowest BCUT2D eigenvalue weighted by atomic mass is 9.89. The van der Waals surface area contributed by atoms with E-state index in [0.717, 1.165) is 27.9 Å². The number of amides is 1. The molecule has 0 spiro atoms. The van der Waals surface area contributed by atoms with Gasteiger partial charge in [0.25, 0.3) is 0 Å². The quantitative estimate of drug-likeness (QED) is 0.133. The minimum Gasteiger partial charge on any atom is -0.424 e. The van der Waals surface area contributed by atoms with Gasteiger partial charge in [-0.25, -0.2) is 9.97 Å². The number of hydrogen-bond donors (Lipinski definition) is 4. The Morgan fingerprint density at radius 1 is 1.03 bits per heavy atom. The lowest BCUT2D eigenvalue weighted by Crippen LogP contribution is -2.15. The fourth-order valence-corrected chi connectivity index (χ4v) is 3.65. The fraction of sp³-hybridized carbons (Fsp3) is 0.0370. The summed E-state index contributed by atoms with van der Waals surface area (Å²) in [6.45, 7) is 5.33. The van der Waals surface area contributed by atoms with E-state index in [1.165, 1.54) is 6.08 Å². The number of amidine groups is 1. The van der Waals surface area contributed by atoms with Gasteiger partial charge >= 0.3 is 6.01 Å². The van der Waals surface area contributed by atoms with Crippen LogP contribution in [0.2, 0.25) is 0 Å². The molecule has 1 heterocycles. The molecule has 0 atom stereocenters. The van der Waals surface area contributed by atoms with Crippen LogP contribution in [-0.2, 0) is 4.79 Å². The van der Waals surface area contributed by atoms with Gasteiger partial charge in [-0.05, 0) is 66.1 Å². The van der Waals surface area contributed by atoms with Crippen LogP contribution in [0.4, 0.5) is 11.4 Å². The fourth-order valence-electron chi connectivity index (χ4n) is 3.65. The Labute approximate surface area is 202 Å². The van der Waals surface area contributed by atoms with E-state index in [4.69, 9.17) is 21.6 Å². The first kappa shape index (κ1) is 23.2. The van der Waals surface area contributed by atoms with Crippen molar-refractivity contribution in [3.05, 3.63) is 96.8 Å². The Morgan fingerprint density at radius 3 is 2.34 bits per heavy atom. The van der Waals surface area contributed by atoms with Crippen molar-refractivity contribution in [1.29, 1.82) is 5.41 Å². The summed E-state index contributed by atoms with van der Waals surface area (Å²) in [5.74, 6) is 0.141. The monoisotopic (exact) mass is 464 g/mol. The van der Waals surface area contributed by atoms with Crippen LogP contribution in [0.15, 0.2) is 85.6 Å². The van der Waals surface area contributed by atoms with Crippen molar-refractivity contribution in [2.24, 2.45) is 5.73 Å². The maximum Gasteiger partial charge on any atom is 0.322 e. The first-order valence-electron chi connectivity index (χ1n) is 10.7. The summed E-state index contributed by atoms with van der Waals surface area (Å²) in [6.07, 6.45) is 2.85. The van der Waals surface area contributed by atoms with Crippen molar-refractivity contribution in [1.82, 2.24) is 9.97 Å². The molecule has 4 rings (SSSR count). The summed E-state index contributed by atoms with van der Waals surface area (Å²) >= 11 is 0. The normalized spacial score (nSPS) is 10.4. The smallest absolute Gasteiger partial charge is 0.322 e. The topological polar surface area (TPSA) is 140 Å². The molecule has 35 heavy (non-hydrogen) atoms. The molecule has 0 unspecified atom stereocenters. The molecule has 4 aromatic rings. The predicted molar refractivity (Wildman–Crippen MR) is 138 cm³/mol. The third-order valence-corrected chi connectivity index (χ3v) is 5.28. The SMILES string of the molecule is C=CC(=O)Nc1ccc(-c2ccc(N)c(C(=N)N)c2-c2ccc(Oc3nccc(C)n3)cc2)cc1. The summed E-state index contributed by atoms with van der Waals surface area (Å²) in [4.78, 5) is 20.0. The molecule has 8 heteroatoms. The minimum atomic E-state index is -0.289. The van der Waals surface area contributed by atoms with Crippen molar-refractivity contribution in [3.63, 3.8) is 0 Å². The Kier molecular flexibility index (Phi) is 6.55. The van der Waals surface area contributed by atoms with Gasteiger partial charge in [0.1, 0.15) is 11.6 Å². The highest BCUT2D eigenvalue weighted by Gasteiger charge is 2.18. The highest BCUT2D eigenvalue weighted by Crippen LogP contribution is 2.38. The number of rotatable bonds is 7. The third kappa shape index (κ3) is 5.17. The number of benzene rings is 3. The molecular weight excluding hydrogens is 440 g/mol. The molecular formula is C27H24N6O2. The Bertz CT molecular complexity index is 1410. The van der Waals surface area contributed by atoms with Gasteiger partial charge in [-0.2, -0.15) is 0 Å². The van der Waals surface area contributed by atoms with Crippen LogP contribution >= 0.6 is 0 Å². The van der Waals surface area contributed by atoms with Crippen LogP contribution in [0.1, 0.15) is 11.3 Å². The van der Waals surface area contributed by atoms with E-state index < -0.39 is 0 Å². The van der Waals surface area contributed by atoms with E-state index >= 15 is 0 Å². The largest absolute Gasteiger partial charge is 0.424 e. The maximum absolute atomic E-state index is 11.6. The zero-order chi connectivity index (χ0) is 24.9. The summed E-state index contributed by atoms with van der Waals surface area (Å²) in [5, 5.41) is 10.9. The zero-order valence-electron chi connectivity index (χ0n) is 19.1. The lowest BCUT2D eigenvalue weighted by Gasteiger charge is -2.18. The molecule has 0 aliphatic rings. The number of hydrogen-bond acceptors (Lipinski definition) is 6. The number of anilines is 2. The van der Waals surface area contributed by atoms with Gasteiger partial charge in [-0.1, -0.05) is 36.9 Å². The van der Waals surface area contributed by atoms with Crippen LogP contribution in [0.3, 0.4) is 0 Å². The average molecular weight is 465 g/mol. The van der Waals surface area contributed by atoms with Crippen molar-refractivity contribution in [2.75, 3.05) is 11.1 Å². The van der Waals surface area contributed by atoms with Crippen LogP contribution in [0.25, 0.3) is 22.3 Å². The standard InChI is InChI=1S/C27H24N6O2/c1-3-23(34)33-19-8-4-17(5-9-19)21-12-13-22(28)25(26(29)30)24(21)18-6-10-20(11-7-18)35-27-31-15-14-16(2)32-27/h3-15H,1,28H2,2H3,(H3,29,30)(H,33,34). The van der Waals surface area contributed by atoms with E-state index in [0.29, 0.717) is 22.7 Å². The second-order valence-corrected chi connectivity index (χ2v) is 7.74.